The van der Waals surface area contributed by atoms with E-state index < -0.39 is 6.10 Å². The zero-order valence-corrected chi connectivity index (χ0v) is 9.47. The maximum absolute atomic E-state index is 9.82. The van der Waals surface area contributed by atoms with E-state index in [0.29, 0.717) is 13.2 Å². The first-order valence-corrected chi connectivity index (χ1v) is 5.61. The average Bonchev–Trinajstić information content (AvgIpc) is 2.62. The summed E-state index contributed by atoms with van der Waals surface area (Å²) in [6.07, 6.45) is -0.486. The summed E-state index contributed by atoms with van der Waals surface area (Å²) in [5.74, 6) is 0. The molecule has 4 nitrogen and oxygen atoms in total. The Labute approximate surface area is 95.6 Å². The van der Waals surface area contributed by atoms with Gasteiger partial charge in [0.1, 0.15) is 6.10 Å². The minimum absolute atomic E-state index is 0.0810. The number of aliphatic hydroxyl groups is 1. The van der Waals surface area contributed by atoms with Crippen molar-refractivity contribution in [3.8, 4) is 0 Å². The largest absolute Gasteiger partial charge is 0.399 e. The molecule has 1 saturated heterocycles. The highest BCUT2D eigenvalue weighted by atomic mass is 16.5. The first-order chi connectivity index (χ1) is 7.70. The lowest BCUT2D eigenvalue weighted by atomic mass is 10.2. The molecule has 0 spiro atoms. The van der Waals surface area contributed by atoms with Crippen LogP contribution in [0.15, 0.2) is 24.3 Å². The zero-order valence-electron chi connectivity index (χ0n) is 9.47. The van der Waals surface area contributed by atoms with Crippen molar-refractivity contribution < 1.29 is 9.84 Å². The quantitative estimate of drug-likeness (QED) is 0.745. The molecular weight excluding hydrogens is 204 g/mol. The standard InChI is InChI=1S/C12H18N2O2/c1-2-16-12-8-14(7-11(12)15)10-5-3-9(13)4-6-10/h3-6,11-12,15H,2,7-8,13H2,1H3. The van der Waals surface area contributed by atoms with E-state index in [-0.39, 0.29) is 6.10 Å². The van der Waals surface area contributed by atoms with Gasteiger partial charge in [0.05, 0.1) is 6.10 Å². The molecule has 0 bridgehead atoms. The van der Waals surface area contributed by atoms with Crippen LogP contribution in [-0.2, 0) is 4.74 Å². The molecular formula is C12H18N2O2. The van der Waals surface area contributed by atoms with E-state index in [4.69, 9.17) is 10.5 Å². The van der Waals surface area contributed by atoms with Gasteiger partial charge in [-0.05, 0) is 31.2 Å². The number of hydrogen-bond donors (Lipinski definition) is 2. The van der Waals surface area contributed by atoms with Crippen LogP contribution in [0.25, 0.3) is 0 Å². The fourth-order valence-electron chi connectivity index (χ4n) is 2.03. The van der Waals surface area contributed by atoms with Crippen LogP contribution in [0.5, 0.6) is 0 Å². The molecule has 2 rings (SSSR count). The SMILES string of the molecule is CCOC1CN(c2ccc(N)cc2)CC1O. The number of hydrogen-bond acceptors (Lipinski definition) is 4. The van der Waals surface area contributed by atoms with Gasteiger partial charge in [0.25, 0.3) is 0 Å². The molecule has 0 saturated carbocycles. The molecule has 3 N–H and O–H groups in total. The maximum atomic E-state index is 9.82. The first-order valence-electron chi connectivity index (χ1n) is 5.61. The van der Waals surface area contributed by atoms with Crippen molar-refractivity contribution in [2.75, 3.05) is 30.3 Å². The Balaban J connectivity index is 2.04. The van der Waals surface area contributed by atoms with E-state index in [1.165, 1.54) is 0 Å². The monoisotopic (exact) mass is 222 g/mol. The van der Waals surface area contributed by atoms with Gasteiger partial charge in [-0.15, -0.1) is 0 Å². The normalized spacial score (nSPS) is 25.0. The molecule has 88 valence electrons. The first kappa shape index (κ1) is 11.2. The molecule has 1 aliphatic heterocycles. The van der Waals surface area contributed by atoms with E-state index in [2.05, 4.69) is 4.90 Å². The van der Waals surface area contributed by atoms with Crippen LogP contribution >= 0.6 is 0 Å². The van der Waals surface area contributed by atoms with Crippen LogP contribution in [0.4, 0.5) is 11.4 Å². The molecule has 0 aliphatic carbocycles. The predicted octanol–water partition coefficient (Wildman–Crippen LogP) is 0.855. The van der Waals surface area contributed by atoms with Gasteiger partial charge in [-0.25, -0.2) is 0 Å². The minimum atomic E-state index is -0.405. The van der Waals surface area contributed by atoms with Crippen LogP contribution in [-0.4, -0.2) is 37.0 Å². The van der Waals surface area contributed by atoms with Crippen LogP contribution in [0.1, 0.15) is 6.92 Å². The molecule has 0 aromatic heterocycles. The Morgan fingerprint density at radius 1 is 1.38 bits per heavy atom. The third kappa shape index (κ3) is 2.28. The van der Waals surface area contributed by atoms with Crippen molar-refractivity contribution >= 4 is 11.4 Å². The van der Waals surface area contributed by atoms with Gasteiger partial charge < -0.3 is 20.5 Å². The molecule has 1 heterocycles. The zero-order chi connectivity index (χ0) is 11.5. The second-order valence-corrected chi connectivity index (χ2v) is 4.06. The number of aliphatic hydroxyl groups excluding tert-OH is 1. The van der Waals surface area contributed by atoms with E-state index in [1.807, 2.05) is 31.2 Å². The van der Waals surface area contributed by atoms with Crippen molar-refractivity contribution in [1.29, 1.82) is 0 Å². The molecule has 2 atom stereocenters. The fraction of sp³-hybridized carbons (Fsp3) is 0.500. The lowest BCUT2D eigenvalue weighted by Crippen LogP contribution is -2.26. The average molecular weight is 222 g/mol. The van der Waals surface area contributed by atoms with Gasteiger partial charge in [-0.2, -0.15) is 0 Å². The third-order valence-corrected chi connectivity index (χ3v) is 2.88. The Hall–Kier alpha value is -1.26. The molecule has 4 heteroatoms. The minimum Gasteiger partial charge on any atom is -0.399 e. The summed E-state index contributed by atoms with van der Waals surface area (Å²) < 4.78 is 5.47. The predicted molar refractivity (Wildman–Crippen MR) is 64.5 cm³/mol. The van der Waals surface area contributed by atoms with E-state index in [0.717, 1.165) is 17.9 Å². The molecule has 0 radical (unpaired) electrons. The van der Waals surface area contributed by atoms with Crippen molar-refractivity contribution in [3.63, 3.8) is 0 Å². The van der Waals surface area contributed by atoms with Gasteiger partial charge in [0.2, 0.25) is 0 Å². The number of nitrogens with zero attached hydrogens (tertiary/aromatic N) is 1. The van der Waals surface area contributed by atoms with Crippen molar-refractivity contribution in [3.05, 3.63) is 24.3 Å². The third-order valence-electron chi connectivity index (χ3n) is 2.88. The summed E-state index contributed by atoms with van der Waals surface area (Å²) in [4.78, 5) is 2.12. The van der Waals surface area contributed by atoms with Gasteiger partial charge in [0, 0.05) is 31.1 Å². The molecule has 1 aromatic carbocycles. The number of β-amino-alcohol motifs (C(OH)–C–C–N with tert-alkyl or cyclic N) is 1. The summed E-state index contributed by atoms with van der Waals surface area (Å²) in [6.45, 7) is 3.93. The van der Waals surface area contributed by atoms with Crippen molar-refractivity contribution in [1.82, 2.24) is 0 Å². The Kier molecular flexibility index (Phi) is 3.31. The number of ether oxygens (including phenoxy) is 1. The van der Waals surface area contributed by atoms with Crippen LogP contribution in [0, 0.1) is 0 Å². The molecule has 1 aromatic rings. The lowest BCUT2D eigenvalue weighted by molar-refractivity contribution is -0.00189. The summed E-state index contributed by atoms with van der Waals surface area (Å²) >= 11 is 0. The maximum Gasteiger partial charge on any atom is 0.102 e. The van der Waals surface area contributed by atoms with Crippen molar-refractivity contribution in [2.45, 2.75) is 19.1 Å². The number of benzene rings is 1. The number of nitrogens with two attached hydrogens (primary N) is 1. The summed E-state index contributed by atoms with van der Waals surface area (Å²) in [5, 5.41) is 9.82. The summed E-state index contributed by atoms with van der Waals surface area (Å²) in [7, 11) is 0. The van der Waals surface area contributed by atoms with Crippen LogP contribution < -0.4 is 10.6 Å². The van der Waals surface area contributed by atoms with Crippen molar-refractivity contribution in [2.24, 2.45) is 0 Å². The van der Waals surface area contributed by atoms with Crippen LogP contribution in [0.2, 0.25) is 0 Å². The number of anilines is 2. The molecule has 1 aliphatic rings. The summed E-state index contributed by atoms with van der Waals surface area (Å²) in [5.41, 5.74) is 7.47. The molecule has 2 unspecified atom stereocenters. The van der Waals surface area contributed by atoms with E-state index >= 15 is 0 Å². The van der Waals surface area contributed by atoms with Crippen LogP contribution in [0.3, 0.4) is 0 Å². The topological polar surface area (TPSA) is 58.7 Å². The number of nitrogen functional groups attached to an aromatic ring is 1. The van der Waals surface area contributed by atoms with Gasteiger partial charge in [-0.3, -0.25) is 0 Å². The Bertz CT molecular complexity index is 339. The Morgan fingerprint density at radius 2 is 2.06 bits per heavy atom. The highest BCUT2D eigenvalue weighted by molar-refractivity contribution is 5.54. The Morgan fingerprint density at radius 3 is 2.69 bits per heavy atom. The van der Waals surface area contributed by atoms with E-state index in [9.17, 15) is 5.11 Å². The molecule has 16 heavy (non-hydrogen) atoms. The highest BCUT2D eigenvalue weighted by Gasteiger charge is 2.31. The number of rotatable bonds is 3. The second-order valence-electron chi connectivity index (χ2n) is 4.06. The van der Waals surface area contributed by atoms with E-state index in [1.54, 1.807) is 0 Å². The smallest absolute Gasteiger partial charge is 0.102 e. The lowest BCUT2D eigenvalue weighted by Gasteiger charge is -2.18. The van der Waals surface area contributed by atoms with Gasteiger partial charge >= 0.3 is 0 Å². The van der Waals surface area contributed by atoms with Gasteiger partial charge in [0.15, 0.2) is 0 Å². The summed E-state index contributed by atoms with van der Waals surface area (Å²) in [6, 6.07) is 7.68. The second kappa shape index (κ2) is 4.72. The highest BCUT2D eigenvalue weighted by Crippen LogP contribution is 2.23. The fourth-order valence-corrected chi connectivity index (χ4v) is 2.03. The molecule has 0 amide bonds. The molecule has 1 fully saturated rings. The van der Waals surface area contributed by atoms with Gasteiger partial charge in [-0.1, -0.05) is 0 Å².